The minimum absolute atomic E-state index is 0.0994. The number of H-pyrrole nitrogens is 1. The van der Waals surface area contributed by atoms with Crippen LogP contribution in [0.25, 0.3) is 11.6 Å². The van der Waals surface area contributed by atoms with Crippen LogP contribution in [0.3, 0.4) is 0 Å². The van der Waals surface area contributed by atoms with Gasteiger partial charge < -0.3 is 14.9 Å². The van der Waals surface area contributed by atoms with Gasteiger partial charge in [-0.2, -0.15) is 0 Å². The van der Waals surface area contributed by atoms with Crippen LogP contribution >= 0.6 is 0 Å². The second kappa shape index (κ2) is 4.53. The highest BCUT2D eigenvalue weighted by Crippen LogP contribution is 2.21. The van der Waals surface area contributed by atoms with Crippen molar-refractivity contribution in [3.63, 3.8) is 0 Å². The quantitative estimate of drug-likeness (QED) is 0.858. The first-order chi connectivity index (χ1) is 9.16. The van der Waals surface area contributed by atoms with Crippen molar-refractivity contribution in [1.82, 2.24) is 24.8 Å². The Bertz CT molecular complexity index is 610. The Labute approximate surface area is 111 Å². The molecule has 0 saturated carbocycles. The number of rotatable bonds is 2. The minimum Gasteiger partial charge on any atom is -0.351 e. The summed E-state index contributed by atoms with van der Waals surface area (Å²) in [5, 5.41) is 2.85. The van der Waals surface area contributed by atoms with Crippen molar-refractivity contribution in [2.75, 3.05) is 6.54 Å². The van der Waals surface area contributed by atoms with E-state index in [-0.39, 0.29) is 5.91 Å². The van der Waals surface area contributed by atoms with Crippen molar-refractivity contribution < 1.29 is 4.79 Å². The molecule has 0 aromatic carbocycles. The molecule has 100 valence electrons. The number of carbonyl (C=O) groups is 1. The summed E-state index contributed by atoms with van der Waals surface area (Å²) in [6.45, 7) is 4.89. The summed E-state index contributed by atoms with van der Waals surface area (Å²) in [4.78, 5) is 23.9. The number of hydrogen-bond donors (Lipinski definition) is 2. The molecule has 0 aliphatic carbocycles. The van der Waals surface area contributed by atoms with Crippen LogP contribution < -0.4 is 5.32 Å². The number of fused-ring (bicyclic) bond motifs is 1. The monoisotopic (exact) mass is 259 g/mol. The summed E-state index contributed by atoms with van der Waals surface area (Å²) < 4.78 is 2.04. The number of amides is 1. The molecule has 1 amide bonds. The molecule has 0 spiro atoms. The third kappa shape index (κ3) is 2.03. The Hall–Kier alpha value is -2.11. The standard InChI is InChI=1S/C13H17N5O/c1-8(2)18-7-6-14-12(18)11-16-9-4-3-5-15-13(19)10(9)17-11/h6-8H,3-5H2,1-2H3,(H,15,19)(H,16,17). The Morgan fingerprint density at radius 1 is 1.42 bits per heavy atom. The van der Waals surface area contributed by atoms with Crippen LogP contribution in [0.4, 0.5) is 0 Å². The van der Waals surface area contributed by atoms with E-state index < -0.39 is 0 Å². The van der Waals surface area contributed by atoms with Gasteiger partial charge in [0.2, 0.25) is 0 Å². The van der Waals surface area contributed by atoms with Crippen molar-refractivity contribution in [3.8, 4) is 11.6 Å². The third-order valence-corrected chi connectivity index (χ3v) is 3.32. The highest BCUT2D eigenvalue weighted by Gasteiger charge is 2.22. The van der Waals surface area contributed by atoms with Crippen LogP contribution in [-0.2, 0) is 6.42 Å². The molecule has 2 aromatic rings. The molecular weight excluding hydrogens is 242 g/mol. The molecule has 0 fully saturated rings. The molecule has 6 heteroatoms. The van der Waals surface area contributed by atoms with E-state index in [9.17, 15) is 4.79 Å². The molecule has 3 heterocycles. The zero-order valence-corrected chi connectivity index (χ0v) is 11.1. The Balaban J connectivity index is 2.05. The Morgan fingerprint density at radius 2 is 2.26 bits per heavy atom. The van der Waals surface area contributed by atoms with E-state index in [0.717, 1.165) is 24.4 Å². The van der Waals surface area contributed by atoms with Crippen LogP contribution in [0.15, 0.2) is 12.4 Å². The van der Waals surface area contributed by atoms with Crippen LogP contribution in [0, 0.1) is 0 Å². The topological polar surface area (TPSA) is 75.6 Å². The van der Waals surface area contributed by atoms with E-state index >= 15 is 0 Å². The molecule has 0 atom stereocenters. The van der Waals surface area contributed by atoms with Gasteiger partial charge in [0, 0.05) is 30.7 Å². The lowest BCUT2D eigenvalue weighted by Gasteiger charge is -2.09. The minimum atomic E-state index is -0.0994. The molecule has 2 aromatic heterocycles. The normalized spacial score (nSPS) is 15.2. The van der Waals surface area contributed by atoms with Crippen LogP contribution in [0.2, 0.25) is 0 Å². The van der Waals surface area contributed by atoms with E-state index in [1.807, 2.05) is 10.8 Å². The summed E-state index contributed by atoms with van der Waals surface area (Å²) in [5.74, 6) is 1.34. The van der Waals surface area contributed by atoms with E-state index in [1.54, 1.807) is 6.20 Å². The van der Waals surface area contributed by atoms with Crippen molar-refractivity contribution >= 4 is 5.91 Å². The summed E-state index contributed by atoms with van der Waals surface area (Å²) in [5.41, 5.74) is 1.41. The molecule has 0 saturated heterocycles. The molecular formula is C13H17N5O. The highest BCUT2D eigenvalue weighted by molar-refractivity contribution is 5.94. The van der Waals surface area contributed by atoms with Crippen molar-refractivity contribution in [3.05, 3.63) is 23.8 Å². The molecule has 3 rings (SSSR count). The number of nitrogens with zero attached hydrogens (tertiary/aromatic N) is 3. The summed E-state index contributed by atoms with van der Waals surface area (Å²) in [6.07, 6.45) is 5.44. The maximum absolute atomic E-state index is 11.9. The second-order valence-corrected chi connectivity index (χ2v) is 5.02. The summed E-state index contributed by atoms with van der Waals surface area (Å²) in [6, 6.07) is 0.302. The number of imidazole rings is 2. The fraction of sp³-hybridized carbons (Fsp3) is 0.462. The average Bonchev–Trinajstić information content (AvgIpc) is 2.97. The van der Waals surface area contributed by atoms with Crippen LogP contribution in [0.5, 0.6) is 0 Å². The maximum atomic E-state index is 11.9. The van der Waals surface area contributed by atoms with Gasteiger partial charge in [0.25, 0.3) is 5.91 Å². The molecule has 1 aliphatic rings. The number of hydrogen-bond acceptors (Lipinski definition) is 3. The first-order valence-electron chi connectivity index (χ1n) is 6.57. The second-order valence-electron chi connectivity index (χ2n) is 5.02. The van der Waals surface area contributed by atoms with Gasteiger partial charge in [-0.25, -0.2) is 9.97 Å². The fourth-order valence-electron chi connectivity index (χ4n) is 2.35. The van der Waals surface area contributed by atoms with Gasteiger partial charge in [-0.3, -0.25) is 4.79 Å². The van der Waals surface area contributed by atoms with Gasteiger partial charge in [-0.1, -0.05) is 0 Å². The zero-order chi connectivity index (χ0) is 13.4. The highest BCUT2D eigenvalue weighted by atomic mass is 16.1. The van der Waals surface area contributed by atoms with Crippen LogP contribution in [0.1, 0.15) is 42.5 Å². The molecule has 6 nitrogen and oxygen atoms in total. The number of aryl methyl sites for hydroxylation is 1. The fourth-order valence-corrected chi connectivity index (χ4v) is 2.35. The summed E-state index contributed by atoms with van der Waals surface area (Å²) >= 11 is 0. The molecule has 0 unspecified atom stereocenters. The lowest BCUT2D eigenvalue weighted by Crippen LogP contribution is -2.23. The molecule has 2 N–H and O–H groups in total. The van der Waals surface area contributed by atoms with Gasteiger partial charge in [0.05, 0.1) is 0 Å². The van der Waals surface area contributed by atoms with E-state index in [2.05, 4.69) is 34.1 Å². The number of nitrogens with one attached hydrogen (secondary N) is 2. The molecule has 0 bridgehead atoms. The first kappa shape index (κ1) is 12.0. The zero-order valence-electron chi connectivity index (χ0n) is 11.1. The Kier molecular flexibility index (Phi) is 2.85. The van der Waals surface area contributed by atoms with Gasteiger partial charge in [-0.15, -0.1) is 0 Å². The third-order valence-electron chi connectivity index (χ3n) is 3.32. The predicted molar refractivity (Wildman–Crippen MR) is 70.8 cm³/mol. The first-order valence-corrected chi connectivity index (χ1v) is 6.57. The number of aromatic nitrogens is 4. The van der Waals surface area contributed by atoms with E-state index in [0.29, 0.717) is 24.1 Å². The number of aromatic amines is 1. The van der Waals surface area contributed by atoms with Gasteiger partial charge in [-0.05, 0) is 26.7 Å². The lowest BCUT2D eigenvalue weighted by atomic mass is 10.2. The van der Waals surface area contributed by atoms with Gasteiger partial charge in [0.15, 0.2) is 11.6 Å². The lowest BCUT2D eigenvalue weighted by molar-refractivity contribution is 0.0951. The molecule has 19 heavy (non-hydrogen) atoms. The van der Waals surface area contributed by atoms with Gasteiger partial charge >= 0.3 is 0 Å². The number of carbonyl (C=O) groups excluding carboxylic acids is 1. The van der Waals surface area contributed by atoms with E-state index in [4.69, 9.17) is 0 Å². The average molecular weight is 259 g/mol. The predicted octanol–water partition coefficient (Wildman–Crippen LogP) is 1.53. The van der Waals surface area contributed by atoms with Crippen LogP contribution in [-0.4, -0.2) is 32.0 Å². The largest absolute Gasteiger partial charge is 0.351 e. The van der Waals surface area contributed by atoms with Gasteiger partial charge in [0.1, 0.15) is 5.69 Å². The van der Waals surface area contributed by atoms with Crippen molar-refractivity contribution in [2.24, 2.45) is 0 Å². The molecule has 1 aliphatic heterocycles. The smallest absolute Gasteiger partial charge is 0.271 e. The molecule has 0 radical (unpaired) electrons. The summed E-state index contributed by atoms with van der Waals surface area (Å²) in [7, 11) is 0. The SMILES string of the molecule is CC(C)n1ccnc1-c1nc2c([nH]1)CCCNC2=O. The van der Waals surface area contributed by atoms with E-state index in [1.165, 1.54) is 0 Å². The van der Waals surface area contributed by atoms with Crippen molar-refractivity contribution in [1.29, 1.82) is 0 Å². The van der Waals surface area contributed by atoms with Crippen molar-refractivity contribution in [2.45, 2.75) is 32.7 Å². The maximum Gasteiger partial charge on any atom is 0.271 e. The Morgan fingerprint density at radius 3 is 3.05 bits per heavy atom.